The van der Waals surface area contributed by atoms with Gasteiger partial charge in [-0.05, 0) is 24.0 Å². The molecule has 16 heavy (non-hydrogen) atoms. The molecule has 0 spiro atoms. The monoisotopic (exact) mass is 218 g/mol. The summed E-state index contributed by atoms with van der Waals surface area (Å²) in [5, 5.41) is 6.34. The van der Waals surface area contributed by atoms with Crippen LogP contribution in [0, 0.1) is 0 Å². The lowest BCUT2D eigenvalue weighted by atomic mass is 9.99. The number of nitrogens with one attached hydrogen (secondary N) is 2. The minimum atomic E-state index is 0.105. The molecule has 0 unspecified atom stereocenters. The molecule has 0 radical (unpaired) electrons. The first kappa shape index (κ1) is 11.0. The molecule has 0 aliphatic carbocycles. The van der Waals surface area contributed by atoms with E-state index in [1.807, 2.05) is 6.92 Å². The number of amides is 1. The average Bonchev–Trinajstić information content (AvgIpc) is 2.35. The van der Waals surface area contributed by atoms with Gasteiger partial charge in [-0.1, -0.05) is 25.1 Å². The summed E-state index contributed by atoms with van der Waals surface area (Å²) in [6, 6.07) is 6.30. The Morgan fingerprint density at radius 3 is 3.19 bits per heavy atom. The van der Waals surface area contributed by atoms with Crippen molar-refractivity contribution in [1.82, 2.24) is 5.32 Å². The average molecular weight is 218 g/mol. The molecule has 3 nitrogen and oxygen atoms in total. The number of fused-ring (bicyclic) bond motifs is 1. The van der Waals surface area contributed by atoms with Gasteiger partial charge in [0.2, 0.25) is 5.91 Å². The molecule has 2 N–H and O–H groups in total. The van der Waals surface area contributed by atoms with Gasteiger partial charge in [-0.2, -0.15) is 0 Å². The fourth-order valence-corrected chi connectivity index (χ4v) is 2.05. The maximum Gasteiger partial charge on any atom is 0.219 e. The Kier molecular flexibility index (Phi) is 3.44. The second kappa shape index (κ2) is 5.01. The van der Waals surface area contributed by atoms with Crippen molar-refractivity contribution in [3.05, 3.63) is 29.3 Å². The summed E-state index contributed by atoms with van der Waals surface area (Å²) in [6.45, 7) is 3.53. The number of hydrogen-bond acceptors (Lipinski definition) is 2. The van der Waals surface area contributed by atoms with Crippen LogP contribution in [0.5, 0.6) is 0 Å². The molecule has 1 aromatic rings. The van der Waals surface area contributed by atoms with Crippen molar-refractivity contribution in [2.45, 2.75) is 32.7 Å². The number of para-hydroxylation sites is 1. The Balaban J connectivity index is 2.11. The molecular weight excluding hydrogens is 200 g/mol. The molecule has 2 rings (SSSR count). The molecule has 0 bridgehead atoms. The summed E-state index contributed by atoms with van der Waals surface area (Å²) < 4.78 is 0. The summed E-state index contributed by atoms with van der Waals surface area (Å²) in [5.74, 6) is 0.105. The van der Waals surface area contributed by atoms with Gasteiger partial charge < -0.3 is 10.6 Å². The topological polar surface area (TPSA) is 41.1 Å². The van der Waals surface area contributed by atoms with Crippen molar-refractivity contribution in [2.24, 2.45) is 0 Å². The highest BCUT2D eigenvalue weighted by Crippen LogP contribution is 2.25. The minimum absolute atomic E-state index is 0.105. The van der Waals surface area contributed by atoms with Gasteiger partial charge >= 0.3 is 0 Å². The third kappa shape index (κ3) is 2.35. The predicted octanol–water partition coefficient (Wildman–Crippen LogP) is 2.07. The van der Waals surface area contributed by atoms with E-state index in [0.717, 1.165) is 13.0 Å². The lowest BCUT2D eigenvalue weighted by Crippen LogP contribution is -2.23. The highest BCUT2D eigenvalue weighted by molar-refractivity contribution is 5.75. The van der Waals surface area contributed by atoms with Crippen LogP contribution >= 0.6 is 0 Å². The molecule has 0 saturated carbocycles. The zero-order valence-electron chi connectivity index (χ0n) is 9.68. The van der Waals surface area contributed by atoms with Crippen LogP contribution in [0.15, 0.2) is 18.2 Å². The number of hydrogen-bond donors (Lipinski definition) is 2. The van der Waals surface area contributed by atoms with E-state index in [1.54, 1.807) is 0 Å². The standard InChI is InChI=1S/C13H18N2O/c1-2-12(16)15-9-11-6-3-5-10-7-4-8-14-13(10)11/h3,5-6,14H,2,4,7-9H2,1H3,(H,15,16). The van der Waals surface area contributed by atoms with E-state index in [2.05, 4.69) is 28.8 Å². The summed E-state index contributed by atoms with van der Waals surface area (Å²) >= 11 is 0. The van der Waals surface area contributed by atoms with Gasteiger partial charge in [-0.15, -0.1) is 0 Å². The van der Waals surface area contributed by atoms with Gasteiger partial charge in [0.1, 0.15) is 0 Å². The molecular formula is C13H18N2O. The van der Waals surface area contributed by atoms with Gasteiger partial charge in [0.25, 0.3) is 0 Å². The van der Waals surface area contributed by atoms with E-state index in [0.29, 0.717) is 13.0 Å². The molecule has 0 saturated heterocycles. The molecule has 1 aliphatic heterocycles. The fraction of sp³-hybridized carbons (Fsp3) is 0.462. The lowest BCUT2D eigenvalue weighted by molar-refractivity contribution is -0.120. The predicted molar refractivity (Wildman–Crippen MR) is 65.4 cm³/mol. The number of aryl methyl sites for hydroxylation is 1. The largest absolute Gasteiger partial charge is 0.385 e. The SMILES string of the molecule is CCC(=O)NCc1cccc2c1NCCC2. The second-order valence-electron chi connectivity index (χ2n) is 4.11. The van der Waals surface area contributed by atoms with Gasteiger partial charge in [0.15, 0.2) is 0 Å². The van der Waals surface area contributed by atoms with E-state index >= 15 is 0 Å². The van der Waals surface area contributed by atoms with Crippen LogP contribution in [0.1, 0.15) is 30.9 Å². The quantitative estimate of drug-likeness (QED) is 0.815. The summed E-state index contributed by atoms with van der Waals surface area (Å²) in [5.41, 5.74) is 3.79. The van der Waals surface area contributed by atoms with Crippen LogP contribution < -0.4 is 10.6 Å². The minimum Gasteiger partial charge on any atom is -0.385 e. The Bertz CT molecular complexity index is 388. The molecule has 86 valence electrons. The van der Waals surface area contributed by atoms with Crippen molar-refractivity contribution in [2.75, 3.05) is 11.9 Å². The summed E-state index contributed by atoms with van der Waals surface area (Å²) in [4.78, 5) is 11.2. The number of anilines is 1. The Morgan fingerprint density at radius 2 is 2.38 bits per heavy atom. The van der Waals surface area contributed by atoms with Gasteiger partial charge in [-0.25, -0.2) is 0 Å². The first-order chi connectivity index (χ1) is 7.81. The third-order valence-electron chi connectivity index (χ3n) is 2.96. The van der Waals surface area contributed by atoms with Crippen LogP contribution in [0.4, 0.5) is 5.69 Å². The number of benzene rings is 1. The molecule has 0 fully saturated rings. The van der Waals surface area contributed by atoms with E-state index in [1.165, 1.54) is 23.2 Å². The molecule has 1 amide bonds. The van der Waals surface area contributed by atoms with Crippen LogP contribution in [-0.4, -0.2) is 12.5 Å². The maximum absolute atomic E-state index is 11.2. The molecule has 1 aliphatic rings. The zero-order valence-corrected chi connectivity index (χ0v) is 9.68. The van der Waals surface area contributed by atoms with Gasteiger partial charge in [0, 0.05) is 25.2 Å². The van der Waals surface area contributed by atoms with Crippen LogP contribution in [-0.2, 0) is 17.8 Å². The summed E-state index contributed by atoms with van der Waals surface area (Å²) in [7, 11) is 0. The normalized spacial score (nSPS) is 13.8. The fourth-order valence-electron chi connectivity index (χ4n) is 2.05. The van der Waals surface area contributed by atoms with Crippen molar-refractivity contribution >= 4 is 11.6 Å². The first-order valence-corrected chi connectivity index (χ1v) is 5.92. The highest BCUT2D eigenvalue weighted by atomic mass is 16.1. The van der Waals surface area contributed by atoms with E-state index in [-0.39, 0.29) is 5.91 Å². The Morgan fingerprint density at radius 1 is 1.50 bits per heavy atom. The molecule has 0 aromatic heterocycles. The van der Waals surface area contributed by atoms with Crippen molar-refractivity contribution < 1.29 is 4.79 Å². The van der Waals surface area contributed by atoms with Gasteiger partial charge in [-0.3, -0.25) is 4.79 Å². The lowest BCUT2D eigenvalue weighted by Gasteiger charge is -2.21. The van der Waals surface area contributed by atoms with Crippen LogP contribution in [0.2, 0.25) is 0 Å². The first-order valence-electron chi connectivity index (χ1n) is 5.92. The zero-order chi connectivity index (χ0) is 11.4. The third-order valence-corrected chi connectivity index (χ3v) is 2.96. The van der Waals surface area contributed by atoms with E-state index in [4.69, 9.17) is 0 Å². The number of carbonyl (C=O) groups excluding carboxylic acids is 1. The smallest absolute Gasteiger partial charge is 0.219 e. The Hall–Kier alpha value is -1.51. The van der Waals surface area contributed by atoms with Crippen molar-refractivity contribution in [3.63, 3.8) is 0 Å². The number of carbonyl (C=O) groups is 1. The van der Waals surface area contributed by atoms with Crippen LogP contribution in [0.25, 0.3) is 0 Å². The molecule has 3 heteroatoms. The van der Waals surface area contributed by atoms with E-state index in [9.17, 15) is 4.79 Å². The van der Waals surface area contributed by atoms with E-state index < -0.39 is 0 Å². The molecule has 0 atom stereocenters. The van der Waals surface area contributed by atoms with Crippen LogP contribution in [0.3, 0.4) is 0 Å². The van der Waals surface area contributed by atoms with Gasteiger partial charge in [0.05, 0.1) is 0 Å². The molecule has 1 aromatic carbocycles. The van der Waals surface area contributed by atoms with Crippen molar-refractivity contribution in [3.8, 4) is 0 Å². The maximum atomic E-state index is 11.2. The van der Waals surface area contributed by atoms with Crippen molar-refractivity contribution in [1.29, 1.82) is 0 Å². The summed E-state index contributed by atoms with van der Waals surface area (Å²) in [6.07, 6.45) is 2.87. The Labute approximate surface area is 96.2 Å². The second-order valence-corrected chi connectivity index (χ2v) is 4.11. The highest BCUT2D eigenvalue weighted by Gasteiger charge is 2.12. The molecule has 1 heterocycles. The number of rotatable bonds is 3.